The van der Waals surface area contributed by atoms with E-state index in [9.17, 15) is 0 Å². The van der Waals surface area contributed by atoms with Crippen LogP contribution in [0, 0.1) is 0 Å². The Morgan fingerprint density at radius 1 is 1.00 bits per heavy atom. The maximum Gasteiger partial charge on any atom is 0.0682 e. The van der Waals surface area contributed by atoms with Crippen LogP contribution < -0.4 is 5.48 Å². The zero-order valence-electron chi connectivity index (χ0n) is 7.86. The summed E-state index contributed by atoms with van der Waals surface area (Å²) in [6.45, 7) is 6.03. The van der Waals surface area contributed by atoms with E-state index >= 15 is 0 Å². The molecule has 0 atom stereocenters. The second-order valence-electron chi connectivity index (χ2n) is 2.76. The molecular weight excluding hydrogens is 138 g/mol. The lowest BCUT2D eigenvalue weighted by Gasteiger charge is -2.02. The van der Waals surface area contributed by atoms with Gasteiger partial charge >= 0.3 is 0 Å². The quantitative estimate of drug-likeness (QED) is 0.434. The third kappa shape index (κ3) is 9.92. The van der Waals surface area contributed by atoms with E-state index < -0.39 is 0 Å². The molecule has 0 saturated carbocycles. The molecule has 0 heterocycles. The molecule has 11 heavy (non-hydrogen) atoms. The van der Waals surface area contributed by atoms with Crippen LogP contribution in [0.4, 0.5) is 0 Å². The highest BCUT2D eigenvalue weighted by Gasteiger charge is 1.88. The van der Waals surface area contributed by atoms with Crippen molar-refractivity contribution >= 4 is 0 Å². The molecule has 0 aromatic carbocycles. The van der Waals surface area contributed by atoms with Gasteiger partial charge in [0.05, 0.1) is 6.61 Å². The first-order valence-corrected chi connectivity index (χ1v) is 4.76. The minimum atomic E-state index is 0.859. The predicted molar refractivity (Wildman–Crippen MR) is 48.4 cm³/mol. The van der Waals surface area contributed by atoms with Gasteiger partial charge in [-0.2, -0.15) is 0 Å². The van der Waals surface area contributed by atoms with Crippen molar-refractivity contribution in [1.29, 1.82) is 0 Å². The van der Waals surface area contributed by atoms with Crippen molar-refractivity contribution < 1.29 is 4.84 Å². The summed E-state index contributed by atoms with van der Waals surface area (Å²) in [4.78, 5) is 5.11. The molecule has 68 valence electrons. The van der Waals surface area contributed by atoms with Crippen molar-refractivity contribution in [3.8, 4) is 0 Å². The van der Waals surface area contributed by atoms with Gasteiger partial charge < -0.3 is 4.84 Å². The predicted octanol–water partition coefficient (Wildman–Crippen LogP) is 2.50. The Hall–Kier alpha value is -0.0800. The van der Waals surface area contributed by atoms with Gasteiger partial charge in [0.25, 0.3) is 0 Å². The third-order valence-corrected chi connectivity index (χ3v) is 1.60. The van der Waals surface area contributed by atoms with Crippen molar-refractivity contribution in [2.24, 2.45) is 0 Å². The van der Waals surface area contributed by atoms with E-state index in [1.54, 1.807) is 0 Å². The zero-order valence-corrected chi connectivity index (χ0v) is 7.86. The maximum absolute atomic E-state index is 5.11. The van der Waals surface area contributed by atoms with Gasteiger partial charge in [0, 0.05) is 6.54 Å². The number of nitrogens with one attached hydrogen (secondary N) is 1. The SMILES string of the molecule is CCCCCCCONCC. The summed E-state index contributed by atoms with van der Waals surface area (Å²) in [7, 11) is 0. The molecule has 0 fully saturated rings. The van der Waals surface area contributed by atoms with Gasteiger partial charge in [-0.1, -0.05) is 39.5 Å². The van der Waals surface area contributed by atoms with Gasteiger partial charge in [0.15, 0.2) is 0 Å². The van der Waals surface area contributed by atoms with E-state index in [0.29, 0.717) is 0 Å². The fraction of sp³-hybridized carbons (Fsp3) is 1.00. The Bertz CT molecular complexity index is 58.6. The Kier molecular flexibility index (Phi) is 9.85. The second kappa shape index (κ2) is 9.92. The van der Waals surface area contributed by atoms with Gasteiger partial charge in [-0.25, -0.2) is 5.48 Å². The van der Waals surface area contributed by atoms with Crippen molar-refractivity contribution in [2.75, 3.05) is 13.2 Å². The molecule has 0 aromatic heterocycles. The molecule has 0 aliphatic carbocycles. The van der Waals surface area contributed by atoms with Gasteiger partial charge in [0.1, 0.15) is 0 Å². The van der Waals surface area contributed by atoms with Crippen LogP contribution in [-0.4, -0.2) is 13.2 Å². The fourth-order valence-corrected chi connectivity index (χ4v) is 0.952. The maximum atomic E-state index is 5.11. The van der Waals surface area contributed by atoms with E-state index in [1.165, 1.54) is 32.1 Å². The molecule has 2 heteroatoms. The summed E-state index contributed by atoms with van der Waals surface area (Å²) in [5.74, 6) is 0. The smallest absolute Gasteiger partial charge is 0.0682 e. The second-order valence-corrected chi connectivity index (χ2v) is 2.76. The third-order valence-electron chi connectivity index (χ3n) is 1.60. The largest absolute Gasteiger partial charge is 0.302 e. The molecule has 0 amide bonds. The topological polar surface area (TPSA) is 21.3 Å². The number of unbranched alkanes of at least 4 members (excludes halogenated alkanes) is 4. The molecule has 0 rings (SSSR count). The van der Waals surface area contributed by atoms with E-state index in [4.69, 9.17) is 4.84 Å². The van der Waals surface area contributed by atoms with Crippen molar-refractivity contribution in [1.82, 2.24) is 5.48 Å². The number of hydroxylamine groups is 1. The van der Waals surface area contributed by atoms with Crippen LogP contribution in [0.3, 0.4) is 0 Å². The first-order chi connectivity index (χ1) is 5.41. The Morgan fingerprint density at radius 3 is 2.36 bits per heavy atom. The Balaban J connectivity index is 2.69. The van der Waals surface area contributed by atoms with E-state index in [-0.39, 0.29) is 0 Å². The highest BCUT2D eigenvalue weighted by Crippen LogP contribution is 2.01. The normalized spacial score (nSPS) is 10.4. The van der Waals surface area contributed by atoms with Crippen LogP contribution in [0.5, 0.6) is 0 Å². The molecule has 1 N–H and O–H groups in total. The summed E-state index contributed by atoms with van der Waals surface area (Å²) in [6.07, 6.45) is 6.52. The average Bonchev–Trinajstić information content (AvgIpc) is 2.03. The number of rotatable bonds is 8. The fourth-order valence-electron chi connectivity index (χ4n) is 0.952. The summed E-state index contributed by atoms with van der Waals surface area (Å²) in [5, 5.41) is 0. The molecule has 0 aliphatic rings. The molecule has 2 nitrogen and oxygen atoms in total. The van der Waals surface area contributed by atoms with Crippen LogP contribution in [0.1, 0.15) is 46.0 Å². The summed E-state index contributed by atoms with van der Waals surface area (Å²) in [5.41, 5.74) is 2.84. The van der Waals surface area contributed by atoms with Crippen LogP contribution in [0.25, 0.3) is 0 Å². The lowest BCUT2D eigenvalue weighted by Crippen LogP contribution is -2.14. The first-order valence-electron chi connectivity index (χ1n) is 4.76. The molecule has 0 spiro atoms. The Labute approximate surface area is 70.3 Å². The lowest BCUT2D eigenvalue weighted by molar-refractivity contribution is 0.0419. The van der Waals surface area contributed by atoms with Gasteiger partial charge in [-0.15, -0.1) is 0 Å². The van der Waals surface area contributed by atoms with Gasteiger partial charge in [-0.05, 0) is 6.42 Å². The molecule has 0 saturated heterocycles. The minimum absolute atomic E-state index is 0.859. The monoisotopic (exact) mass is 159 g/mol. The molecule has 0 radical (unpaired) electrons. The van der Waals surface area contributed by atoms with Crippen molar-refractivity contribution in [3.63, 3.8) is 0 Å². The summed E-state index contributed by atoms with van der Waals surface area (Å²) < 4.78 is 0. The standard InChI is InChI=1S/C9H21NO/c1-3-5-6-7-8-9-11-10-4-2/h10H,3-9H2,1-2H3. The van der Waals surface area contributed by atoms with Crippen LogP contribution >= 0.6 is 0 Å². The average molecular weight is 159 g/mol. The highest BCUT2D eigenvalue weighted by atomic mass is 16.6. The molecule has 0 aliphatic heterocycles. The molecule has 0 unspecified atom stereocenters. The van der Waals surface area contributed by atoms with Crippen molar-refractivity contribution in [2.45, 2.75) is 46.0 Å². The van der Waals surface area contributed by atoms with Crippen molar-refractivity contribution in [3.05, 3.63) is 0 Å². The number of hydrogen-bond acceptors (Lipinski definition) is 2. The Morgan fingerprint density at radius 2 is 1.73 bits per heavy atom. The van der Waals surface area contributed by atoms with Crippen LogP contribution in [0.2, 0.25) is 0 Å². The lowest BCUT2D eigenvalue weighted by atomic mass is 10.2. The van der Waals surface area contributed by atoms with E-state index in [0.717, 1.165) is 13.2 Å². The number of hydrogen-bond donors (Lipinski definition) is 1. The van der Waals surface area contributed by atoms with Gasteiger partial charge in [0.2, 0.25) is 0 Å². The van der Waals surface area contributed by atoms with Crippen LogP contribution in [0.15, 0.2) is 0 Å². The minimum Gasteiger partial charge on any atom is -0.302 e. The summed E-state index contributed by atoms with van der Waals surface area (Å²) in [6, 6.07) is 0. The molecular formula is C9H21NO. The molecule has 0 aromatic rings. The van der Waals surface area contributed by atoms with Crippen LogP contribution in [-0.2, 0) is 4.84 Å². The zero-order chi connectivity index (χ0) is 8.36. The van der Waals surface area contributed by atoms with E-state index in [2.05, 4.69) is 12.4 Å². The van der Waals surface area contributed by atoms with E-state index in [1.807, 2.05) is 6.92 Å². The first kappa shape index (κ1) is 10.9. The molecule has 0 bridgehead atoms. The van der Waals surface area contributed by atoms with Gasteiger partial charge in [-0.3, -0.25) is 0 Å². The summed E-state index contributed by atoms with van der Waals surface area (Å²) >= 11 is 0. The highest BCUT2D eigenvalue weighted by molar-refractivity contribution is 4.40.